The summed E-state index contributed by atoms with van der Waals surface area (Å²) in [6.45, 7) is 7.37. The fraction of sp³-hybridized carbons (Fsp3) is 0.333. The first-order chi connectivity index (χ1) is 19.3. The minimum absolute atomic E-state index is 0.0160. The number of benzene rings is 3. The summed E-state index contributed by atoms with van der Waals surface area (Å²) in [5.41, 5.74) is 1.52. The minimum atomic E-state index is -4.17. The van der Waals surface area contributed by atoms with E-state index in [9.17, 15) is 18.0 Å². The highest BCUT2D eigenvalue weighted by Crippen LogP contribution is 2.30. The number of halogens is 3. The molecule has 0 fully saturated rings. The molecule has 0 aliphatic carbocycles. The van der Waals surface area contributed by atoms with Gasteiger partial charge in [-0.1, -0.05) is 79.8 Å². The van der Waals surface area contributed by atoms with Crippen molar-refractivity contribution in [2.24, 2.45) is 5.92 Å². The first-order valence-electron chi connectivity index (χ1n) is 13.2. The van der Waals surface area contributed by atoms with Crippen LogP contribution in [0, 0.1) is 12.8 Å². The summed E-state index contributed by atoms with van der Waals surface area (Å²) in [5.74, 6) is -0.679. The zero-order chi connectivity index (χ0) is 30.3. The maximum absolute atomic E-state index is 14.1. The van der Waals surface area contributed by atoms with Crippen molar-refractivity contribution in [1.82, 2.24) is 10.2 Å². The van der Waals surface area contributed by atoms with Crippen LogP contribution in [0.3, 0.4) is 0 Å². The monoisotopic (exact) mass is 637 g/mol. The van der Waals surface area contributed by atoms with Gasteiger partial charge < -0.3 is 10.2 Å². The van der Waals surface area contributed by atoms with Crippen LogP contribution in [0.25, 0.3) is 0 Å². The number of aryl methyl sites for hydroxylation is 1. The molecule has 2 amide bonds. The molecule has 0 unspecified atom stereocenters. The van der Waals surface area contributed by atoms with Gasteiger partial charge in [0.2, 0.25) is 11.8 Å². The maximum Gasteiger partial charge on any atom is 0.264 e. The molecule has 11 heteroatoms. The van der Waals surface area contributed by atoms with Crippen molar-refractivity contribution in [2.45, 2.75) is 51.6 Å². The number of nitrogens with one attached hydrogen (secondary N) is 1. The van der Waals surface area contributed by atoms with Gasteiger partial charge in [-0.2, -0.15) is 0 Å². The van der Waals surface area contributed by atoms with Crippen LogP contribution < -0.4 is 9.62 Å². The van der Waals surface area contributed by atoms with Gasteiger partial charge in [-0.05, 0) is 72.9 Å². The van der Waals surface area contributed by atoms with Gasteiger partial charge in [0.05, 0.1) is 20.6 Å². The third-order valence-electron chi connectivity index (χ3n) is 6.44. The molecule has 0 heterocycles. The molecule has 3 aromatic carbocycles. The Kier molecular flexibility index (Phi) is 11.5. The molecule has 0 aliphatic rings. The number of carbonyl (C=O) groups is 2. The van der Waals surface area contributed by atoms with Crippen molar-refractivity contribution in [3.05, 3.63) is 92.9 Å². The Morgan fingerprint density at radius 1 is 0.927 bits per heavy atom. The maximum atomic E-state index is 14.1. The van der Waals surface area contributed by atoms with E-state index in [2.05, 4.69) is 5.32 Å². The number of carbonyl (C=O) groups excluding carboxylic acids is 2. The minimum Gasteiger partial charge on any atom is -0.354 e. The molecule has 3 aromatic rings. The van der Waals surface area contributed by atoms with E-state index in [4.69, 9.17) is 34.8 Å². The van der Waals surface area contributed by atoms with Crippen molar-refractivity contribution in [3.8, 4) is 0 Å². The molecule has 41 heavy (non-hydrogen) atoms. The highest BCUT2D eigenvalue weighted by molar-refractivity contribution is 7.92. The number of amides is 2. The van der Waals surface area contributed by atoms with Crippen LogP contribution in [0.5, 0.6) is 0 Å². The summed E-state index contributed by atoms with van der Waals surface area (Å²) in [6, 6.07) is 16.8. The largest absolute Gasteiger partial charge is 0.354 e. The van der Waals surface area contributed by atoms with Crippen molar-refractivity contribution in [2.75, 3.05) is 17.4 Å². The summed E-state index contributed by atoms with van der Waals surface area (Å²) < 4.78 is 28.9. The van der Waals surface area contributed by atoms with Gasteiger partial charge in [0.25, 0.3) is 10.0 Å². The van der Waals surface area contributed by atoms with Gasteiger partial charge >= 0.3 is 0 Å². The zero-order valence-corrected chi connectivity index (χ0v) is 26.5. The third kappa shape index (κ3) is 8.38. The van der Waals surface area contributed by atoms with Crippen LogP contribution in [0.15, 0.2) is 71.6 Å². The van der Waals surface area contributed by atoms with E-state index in [1.54, 1.807) is 68.4 Å². The van der Waals surface area contributed by atoms with Gasteiger partial charge in [-0.3, -0.25) is 13.9 Å². The molecule has 0 aromatic heterocycles. The molecule has 1 N–H and O–H groups in total. The van der Waals surface area contributed by atoms with E-state index >= 15 is 0 Å². The summed E-state index contributed by atoms with van der Waals surface area (Å²) in [5, 5.41) is 4.00. The average molecular weight is 639 g/mol. The molecule has 1 atom stereocenters. The van der Waals surface area contributed by atoms with Crippen LogP contribution in [-0.2, 0) is 26.2 Å². The van der Waals surface area contributed by atoms with E-state index < -0.39 is 28.5 Å². The fourth-order valence-corrected chi connectivity index (χ4v) is 6.36. The second-order valence-corrected chi connectivity index (χ2v) is 13.2. The summed E-state index contributed by atoms with van der Waals surface area (Å²) in [6.07, 6.45) is 0.308. The lowest BCUT2D eigenvalue weighted by molar-refractivity contribution is -0.140. The molecule has 220 valence electrons. The van der Waals surface area contributed by atoms with Crippen LogP contribution in [-0.4, -0.2) is 44.3 Å². The molecule has 0 aliphatic heterocycles. The smallest absolute Gasteiger partial charge is 0.264 e. The van der Waals surface area contributed by atoms with Gasteiger partial charge in [-0.15, -0.1) is 0 Å². The number of hydrogen-bond donors (Lipinski definition) is 1. The SMILES string of the molecule is CC[C@@H](C(=O)NCC(C)C)N(Cc1ccc(Cl)c(Cl)c1)C(=O)CN(c1ccc(Cl)cc1C)S(=O)(=O)c1ccccc1. The average Bonchev–Trinajstić information content (AvgIpc) is 2.93. The van der Waals surface area contributed by atoms with Crippen LogP contribution in [0.1, 0.15) is 38.3 Å². The van der Waals surface area contributed by atoms with Crippen molar-refractivity contribution < 1.29 is 18.0 Å². The lowest BCUT2D eigenvalue weighted by Gasteiger charge is -2.33. The van der Waals surface area contributed by atoms with Crippen LogP contribution in [0.2, 0.25) is 15.1 Å². The highest BCUT2D eigenvalue weighted by Gasteiger charge is 2.34. The molecule has 3 rings (SSSR count). The molecule has 0 radical (unpaired) electrons. The molecule has 0 spiro atoms. The Labute approximate surface area is 257 Å². The predicted molar refractivity (Wildman–Crippen MR) is 166 cm³/mol. The Morgan fingerprint density at radius 3 is 2.20 bits per heavy atom. The highest BCUT2D eigenvalue weighted by atomic mass is 35.5. The second-order valence-electron chi connectivity index (χ2n) is 10.1. The van der Waals surface area contributed by atoms with Crippen molar-refractivity contribution in [1.29, 1.82) is 0 Å². The number of rotatable bonds is 12. The summed E-state index contributed by atoms with van der Waals surface area (Å²) in [4.78, 5) is 28.9. The molecule has 0 saturated carbocycles. The lowest BCUT2D eigenvalue weighted by atomic mass is 10.1. The Morgan fingerprint density at radius 2 is 1.61 bits per heavy atom. The number of sulfonamides is 1. The van der Waals surface area contributed by atoms with Crippen LogP contribution >= 0.6 is 34.8 Å². The third-order valence-corrected chi connectivity index (χ3v) is 9.19. The van der Waals surface area contributed by atoms with Crippen molar-refractivity contribution >= 4 is 62.3 Å². The fourth-order valence-electron chi connectivity index (χ4n) is 4.31. The van der Waals surface area contributed by atoms with Gasteiger partial charge in [0, 0.05) is 18.1 Å². The predicted octanol–water partition coefficient (Wildman–Crippen LogP) is 6.73. The van der Waals surface area contributed by atoms with Gasteiger partial charge in [-0.25, -0.2) is 8.42 Å². The summed E-state index contributed by atoms with van der Waals surface area (Å²) in [7, 11) is -4.17. The lowest BCUT2D eigenvalue weighted by Crippen LogP contribution is -2.52. The molecule has 7 nitrogen and oxygen atoms in total. The first-order valence-corrected chi connectivity index (χ1v) is 15.8. The number of anilines is 1. The molecule has 0 saturated heterocycles. The number of nitrogens with zero attached hydrogens (tertiary/aromatic N) is 2. The Hall–Kier alpha value is -2.78. The van der Waals surface area contributed by atoms with Gasteiger partial charge in [0.1, 0.15) is 12.6 Å². The molecular formula is C30H34Cl3N3O4S. The van der Waals surface area contributed by atoms with E-state index in [-0.39, 0.29) is 23.3 Å². The standard InChI is InChI=1S/C30H34Cl3N3O4S/c1-5-27(30(38)34-17-20(2)3)35(18-22-11-13-25(32)26(33)16-22)29(37)19-36(28-14-12-23(31)15-21(28)4)41(39,40)24-9-7-6-8-10-24/h6-16,20,27H,5,17-19H2,1-4H3,(H,34,38)/t27-/m0/s1. The topological polar surface area (TPSA) is 86.8 Å². The second kappa shape index (κ2) is 14.4. The number of hydrogen-bond acceptors (Lipinski definition) is 4. The van der Waals surface area contributed by atoms with Gasteiger partial charge in [0.15, 0.2) is 0 Å². The zero-order valence-electron chi connectivity index (χ0n) is 23.4. The van der Waals surface area contributed by atoms with Crippen LogP contribution in [0.4, 0.5) is 5.69 Å². The first kappa shape index (κ1) is 32.7. The Bertz CT molecular complexity index is 1480. The quantitative estimate of drug-likeness (QED) is 0.238. The molecular weight excluding hydrogens is 605 g/mol. The Balaban J connectivity index is 2.08. The van der Waals surface area contributed by atoms with E-state index in [0.717, 1.165) is 4.31 Å². The van der Waals surface area contributed by atoms with E-state index in [1.165, 1.54) is 17.0 Å². The normalized spacial score (nSPS) is 12.2. The van der Waals surface area contributed by atoms with E-state index in [0.29, 0.717) is 44.8 Å². The van der Waals surface area contributed by atoms with Crippen molar-refractivity contribution in [3.63, 3.8) is 0 Å². The molecule has 0 bridgehead atoms. The van der Waals surface area contributed by atoms with E-state index in [1.807, 2.05) is 13.8 Å². The summed E-state index contributed by atoms with van der Waals surface area (Å²) >= 11 is 18.5.